The number of rotatable bonds is 3. The van der Waals surface area contributed by atoms with E-state index >= 15 is 0 Å². The van der Waals surface area contributed by atoms with E-state index in [9.17, 15) is 14.4 Å². The van der Waals surface area contributed by atoms with Crippen LogP contribution in [0, 0.1) is 5.92 Å². The molecule has 31 heavy (non-hydrogen) atoms. The largest absolute Gasteiger partial charge is 0.454 e. The van der Waals surface area contributed by atoms with Crippen molar-refractivity contribution in [2.24, 2.45) is 5.92 Å². The Morgan fingerprint density at radius 2 is 1.97 bits per heavy atom. The number of nitrogens with one attached hydrogen (secondary N) is 3. The number of aromatic nitrogens is 2. The van der Waals surface area contributed by atoms with Crippen LogP contribution in [0.25, 0.3) is 0 Å². The third kappa shape index (κ3) is 3.69. The molecule has 0 bridgehead atoms. The Hall–Kier alpha value is -3.56. The minimum Gasteiger partial charge on any atom is -0.454 e. The number of nitrogens with zero attached hydrogens (tertiary/aromatic N) is 2. The van der Waals surface area contributed by atoms with E-state index in [0.717, 1.165) is 25.9 Å². The predicted octanol–water partition coefficient (Wildman–Crippen LogP) is 1.80. The number of carbonyl (C=O) groups is 2. The highest BCUT2D eigenvalue weighted by molar-refractivity contribution is 6.04. The lowest BCUT2D eigenvalue weighted by Gasteiger charge is -2.31. The SMILES string of the molecule is CC1CCN(c2nc3c(c(=O)[nH]2)C(C(=O)Nc2ccc4c(c2)OCO4)CC(=O)N3)CC1. The van der Waals surface area contributed by atoms with E-state index in [1.807, 2.05) is 4.90 Å². The zero-order valence-corrected chi connectivity index (χ0v) is 17.1. The standard InChI is InChI=1S/C21H23N5O5/c1-11-4-6-26(7-5-11)21-24-18-17(20(29)25-21)13(9-16(27)23-18)19(28)22-12-2-3-14-15(8-12)31-10-30-14/h2-3,8,11,13H,4-7,9-10H2,1H3,(H,22,28)(H2,23,24,25,27,29). The summed E-state index contributed by atoms with van der Waals surface area (Å²) in [4.78, 5) is 47.5. The third-order valence-corrected chi connectivity index (χ3v) is 5.98. The fraction of sp³-hybridized carbons (Fsp3) is 0.429. The molecule has 10 heteroatoms. The Kier molecular flexibility index (Phi) is 4.76. The van der Waals surface area contributed by atoms with Gasteiger partial charge in [-0.25, -0.2) is 0 Å². The molecular formula is C21H23N5O5. The van der Waals surface area contributed by atoms with Crippen molar-refractivity contribution in [3.8, 4) is 11.5 Å². The van der Waals surface area contributed by atoms with Crippen molar-refractivity contribution < 1.29 is 19.1 Å². The van der Waals surface area contributed by atoms with Crippen molar-refractivity contribution in [1.29, 1.82) is 0 Å². The number of amides is 2. The van der Waals surface area contributed by atoms with Crippen molar-refractivity contribution in [2.45, 2.75) is 32.1 Å². The summed E-state index contributed by atoms with van der Waals surface area (Å²) < 4.78 is 10.6. The van der Waals surface area contributed by atoms with Crippen molar-refractivity contribution >= 4 is 29.3 Å². The Labute approximate surface area is 177 Å². The highest BCUT2D eigenvalue weighted by Gasteiger charge is 2.35. The quantitative estimate of drug-likeness (QED) is 0.685. The molecule has 1 fully saturated rings. The molecule has 1 saturated heterocycles. The van der Waals surface area contributed by atoms with Crippen LogP contribution in [-0.2, 0) is 9.59 Å². The predicted molar refractivity (Wildman–Crippen MR) is 113 cm³/mol. The fourth-order valence-corrected chi connectivity index (χ4v) is 4.16. The van der Waals surface area contributed by atoms with Crippen LogP contribution in [0.1, 0.15) is 37.7 Å². The molecular weight excluding hydrogens is 402 g/mol. The maximum Gasteiger partial charge on any atom is 0.258 e. The summed E-state index contributed by atoms with van der Waals surface area (Å²) >= 11 is 0. The smallest absolute Gasteiger partial charge is 0.258 e. The summed E-state index contributed by atoms with van der Waals surface area (Å²) in [5, 5.41) is 5.43. The summed E-state index contributed by atoms with van der Waals surface area (Å²) in [6.07, 6.45) is 1.89. The molecule has 0 spiro atoms. The van der Waals surface area contributed by atoms with Crippen molar-refractivity contribution in [3.05, 3.63) is 34.1 Å². The number of hydrogen-bond acceptors (Lipinski definition) is 7. The maximum atomic E-state index is 13.0. The molecule has 3 aliphatic heterocycles. The molecule has 0 saturated carbocycles. The van der Waals surface area contributed by atoms with Crippen LogP contribution in [0.2, 0.25) is 0 Å². The van der Waals surface area contributed by atoms with E-state index < -0.39 is 17.4 Å². The molecule has 5 rings (SSSR count). The average Bonchev–Trinajstić information content (AvgIpc) is 3.21. The first kappa shape index (κ1) is 19.4. The Bertz CT molecular complexity index is 1110. The second-order valence-electron chi connectivity index (χ2n) is 8.18. The van der Waals surface area contributed by atoms with Gasteiger partial charge in [-0.05, 0) is 30.9 Å². The van der Waals surface area contributed by atoms with Gasteiger partial charge in [-0.15, -0.1) is 0 Å². The molecule has 1 aromatic heterocycles. The molecule has 0 aliphatic carbocycles. The van der Waals surface area contributed by atoms with Crippen LogP contribution >= 0.6 is 0 Å². The first-order chi connectivity index (χ1) is 15.0. The number of aromatic amines is 1. The third-order valence-electron chi connectivity index (χ3n) is 5.98. The second kappa shape index (κ2) is 7.60. The first-order valence-corrected chi connectivity index (χ1v) is 10.4. The molecule has 0 radical (unpaired) electrons. The van der Waals surface area contributed by atoms with Crippen LogP contribution in [0.5, 0.6) is 11.5 Å². The van der Waals surface area contributed by atoms with Crippen molar-refractivity contribution in [1.82, 2.24) is 9.97 Å². The van der Waals surface area contributed by atoms with E-state index in [2.05, 4.69) is 27.5 Å². The molecule has 3 N–H and O–H groups in total. The van der Waals surface area contributed by atoms with E-state index in [1.165, 1.54) is 0 Å². The molecule has 10 nitrogen and oxygen atoms in total. The Morgan fingerprint density at radius 3 is 2.77 bits per heavy atom. The molecule has 2 aromatic rings. The molecule has 1 unspecified atom stereocenters. The molecule has 2 amide bonds. The summed E-state index contributed by atoms with van der Waals surface area (Å²) in [7, 11) is 0. The molecule has 4 heterocycles. The van der Waals surface area contributed by atoms with Crippen molar-refractivity contribution in [2.75, 3.05) is 35.4 Å². The normalized spacial score (nSPS) is 20.2. The van der Waals surface area contributed by atoms with Crippen LogP contribution in [0.4, 0.5) is 17.5 Å². The van der Waals surface area contributed by atoms with E-state index in [-0.39, 0.29) is 30.5 Å². The van der Waals surface area contributed by atoms with Gasteiger partial charge in [-0.3, -0.25) is 19.4 Å². The summed E-state index contributed by atoms with van der Waals surface area (Å²) in [5.74, 6) is 0.578. The lowest BCUT2D eigenvalue weighted by Crippen LogP contribution is -2.39. The minimum absolute atomic E-state index is 0.127. The number of carbonyl (C=O) groups excluding carboxylic acids is 2. The maximum absolute atomic E-state index is 13.0. The van der Waals surface area contributed by atoms with Crippen LogP contribution in [0.3, 0.4) is 0 Å². The molecule has 3 aliphatic rings. The molecule has 1 aromatic carbocycles. The van der Waals surface area contributed by atoms with Gasteiger partial charge >= 0.3 is 0 Å². The zero-order chi connectivity index (χ0) is 21.5. The number of hydrogen-bond donors (Lipinski definition) is 3. The lowest BCUT2D eigenvalue weighted by atomic mass is 9.92. The molecule has 162 valence electrons. The monoisotopic (exact) mass is 425 g/mol. The number of ether oxygens (including phenoxy) is 2. The van der Waals surface area contributed by atoms with Gasteiger partial charge in [0.25, 0.3) is 5.56 Å². The van der Waals surface area contributed by atoms with Gasteiger partial charge in [0.05, 0.1) is 11.5 Å². The fourth-order valence-electron chi connectivity index (χ4n) is 4.16. The molecule has 1 atom stereocenters. The number of piperidine rings is 1. The van der Waals surface area contributed by atoms with Gasteiger partial charge in [0.1, 0.15) is 5.82 Å². The van der Waals surface area contributed by atoms with E-state index in [0.29, 0.717) is 29.1 Å². The lowest BCUT2D eigenvalue weighted by molar-refractivity contribution is -0.123. The highest BCUT2D eigenvalue weighted by atomic mass is 16.7. The second-order valence-corrected chi connectivity index (χ2v) is 8.18. The zero-order valence-electron chi connectivity index (χ0n) is 17.1. The number of H-pyrrole nitrogens is 1. The van der Waals surface area contributed by atoms with Gasteiger partial charge in [0.15, 0.2) is 11.5 Å². The van der Waals surface area contributed by atoms with Crippen molar-refractivity contribution in [3.63, 3.8) is 0 Å². The van der Waals surface area contributed by atoms with Crippen LogP contribution < -0.4 is 30.6 Å². The van der Waals surface area contributed by atoms with Crippen LogP contribution in [-0.4, -0.2) is 41.7 Å². The van der Waals surface area contributed by atoms with E-state index in [1.54, 1.807) is 18.2 Å². The number of anilines is 3. The van der Waals surface area contributed by atoms with Crippen LogP contribution in [0.15, 0.2) is 23.0 Å². The topological polar surface area (TPSA) is 126 Å². The van der Waals surface area contributed by atoms with Gasteiger partial charge < -0.3 is 25.0 Å². The van der Waals surface area contributed by atoms with Gasteiger partial charge in [0, 0.05) is 31.3 Å². The summed E-state index contributed by atoms with van der Waals surface area (Å²) in [5.41, 5.74) is 0.252. The van der Waals surface area contributed by atoms with Gasteiger partial charge in [-0.1, -0.05) is 6.92 Å². The van der Waals surface area contributed by atoms with Gasteiger partial charge in [0.2, 0.25) is 24.6 Å². The Morgan fingerprint density at radius 1 is 1.19 bits per heavy atom. The van der Waals surface area contributed by atoms with Gasteiger partial charge in [-0.2, -0.15) is 4.98 Å². The first-order valence-electron chi connectivity index (χ1n) is 10.4. The minimum atomic E-state index is -0.944. The summed E-state index contributed by atoms with van der Waals surface area (Å²) in [6.45, 7) is 3.89. The number of fused-ring (bicyclic) bond motifs is 2. The number of benzene rings is 1. The average molecular weight is 425 g/mol. The summed E-state index contributed by atoms with van der Waals surface area (Å²) in [6, 6.07) is 5.02. The Balaban J connectivity index is 1.41. The van der Waals surface area contributed by atoms with E-state index in [4.69, 9.17) is 9.47 Å². The highest BCUT2D eigenvalue weighted by Crippen LogP contribution is 2.35.